The van der Waals surface area contributed by atoms with Gasteiger partial charge in [0.1, 0.15) is 12.4 Å². The Bertz CT molecular complexity index is 602. The molecule has 2 aromatic rings. The van der Waals surface area contributed by atoms with Crippen molar-refractivity contribution < 1.29 is 9.53 Å². The summed E-state index contributed by atoms with van der Waals surface area (Å²) in [5, 5.41) is 3.29. The van der Waals surface area contributed by atoms with Gasteiger partial charge in [-0.1, -0.05) is 29.8 Å². The van der Waals surface area contributed by atoms with Crippen LogP contribution in [0.2, 0.25) is 5.02 Å². The first-order valence-electron chi connectivity index (χ1n) is 6.18. The fraction of sp³-hybridized carbons (Fsp3) is 0.133. The van der Waals surface area contributed by atoms with Crippen LogP contribution in [0.5, 0.6) is 5.75 Å². The number of carbonyl (C=O) groups is 1. The van der Waals surface area contributed by atoms with E-state index >= 15 is 0 Å². The van der Waals surface area contributed by atoms with Crippen LogP contribution in [-0.2, 0) is 0 Å². The van der Waals surface area contributed by atoms with Crippen molar-refractivity contribution in [2.45, 2.75) is 0 Å². The summed E-state index contributed by atoms with van der Waals surface area (Å²) >= 11 is 5.83. The van der Waals surface area contributed by atoms with Gasteiger partial charge in [0.25, 0.3) is 5.91 Å². The molecule has 0 saturated carbocycles. The first-order valence-corrected chi connectivity index (χ1v) is 6.55. The molecule has 0 atom stereocenters. The molecule has 20 heavy (non-hydrogen) atoms. The molecule has 0 fully saturated rings. The van der Waals surface area contributed by atoms with Gasteiger partial charge in [0.15, 0.2) is 0 Å². The third-order valence-corrected chi connectivity index (χ3v) is 2.89. The monoisotopic (exact) mass is 290 g/mol. The summed E-state index contributed by atoms with van der Waals surface area (Å²) in [5.41, 5.74) is 6.85. The standard InChI is InChI=1S/C15H15ClN2O2/c16-12-5-3-4-11(10-12)15(19)18-8-9-20-14-7-2-1-6-13(14)17/h1-7,10H,8-9,17H2,(H,18,19). The number of benzene rings is 2. The van der Waals surface area contributed by atoms with Crippen LogP contribution < -0.4 is 15.8 Å². The van der Waals surface area contributed by atoms with E-state index in [0.29, 0.717) is 35.2 Å². The largest absolute Gasteiger partial charge is 0.490 e. The Morgan fingerprint density at radius 1 is 1.20 bits per heavy atom. The van der Waals surface area contributed by atoms with Crippen LogP contribution in [0.4, 0.5) is 5.69 Å². The molecular weight excluding hydrogens is 276 g/mol. The topological polar surface area (TPSA) is 64.3 Å². The maximum atomic E-state index is 11.8. The second-order valence-corrected chi connectivity index (χ2v) is 4.59. The van der Waals surface area contributed by atoms with Crippen LogP contribution in [-0.4, -0.2) is 19.1 Å². The van der Waals surface area contributed by atoms with Gasteiger partial charge >= 0.3 is 0 Å². The smallest absolute Gasteiger partial charge is 0.251 e. The van der Waals surface area contributed by atoms with E-state index in [1.54, 1.807) is 36.4 Å². The molecule has 1 amide bonds. The zero-order valence-corrected chi connectivity index (χ0v) is 11.6. The van der Waals surface area contributed by atoms with E-state index in [1.165, 1.54) is 0 Å². The van der Waals surface area contributed by atoms with E-state index in [2.05, 4.69) is 5.32 Å². The minimum Gasteiger partial charge on any atom is -0.490 e. The SMILES string of the molecule is Nc1ccccc1OCCNC(=O)c1cccc(Cl)c1. The molecule has 0 saturated heterocycles. The molecule has 104 valence electrons. The number of nitrogens with two attached hydrogens (primary N) is 1. The molecule has 0 aliphatic carbocycles. The lowest BCUT2D eigenvalue weighted by Gasteiger charge is -2.09. The van der Waals surface area contributed by atoms with Crippen molar-refractivity contribution in [1.29, 1.82) is 0 Å². The summed E-state index contributed by atoms with van der Waals surface area (Å²) in [6, 6.07) is 14.0. The number of para-hydroxylation sites is 2. The summed E-state index contributed by atoms with van der Waals surface area (Å²) in [6.07, 6.45) is 0. The zero-order chi connectivity index (χ0) is 14.4. The van der Waals surface area contributed by atoms with Crippen LogP contribution in [0.1, 0.15) is 10.4 Å². The van der Waals surface area contributed by atoms with Gasteiger partial charge in [0.05, 0.1) is 12.2 Å². The lowest BCUT2D eigenvalue weighted by molar-refractivity contribution is 0.0947. The lowest BCUT2D eigenvalue weighted by atomic mass is 10.2. The minimum atomic E-state index is -0.183. The zero-order valence-electron chi connectivity index (χ0n) is 10.8. The number of halogens is 1. The van der Waals surface area contributed by atoms with Crippen molar-refractivity contribution >= 4 is 23.2 Å². The van der Waals surface area contributed by atoms with E-state index in [9.17, 15) is 4.79 Å². The maximum Gasteiger partial charge on any atom is 0.251 e. The van der Waals surface area contributed by atoms with Gasteiger partial charge in [-0.3, -0.25) is 4.79 Å². The highest BCUT2D eigenvalue weighted by Gasteiger charge is 2.05. The molecular formula is C15H15ClN2O2. The average Bonchev–Trinajstić information content (AvgIpc) is 2.45. The predicted molar refractivity (Wildman–Crippen MR) is 80.1 cm³/mol. The summed E-state index contributed by atoms with van der Waals surface area (Å²) in [5.74, 6) is 0.432. The number of carbonyl (C=O) groups excluding carboxylic acids is 1. The van der Waals surface area contributed by atoms with E-state index < -0.39 is 0 Å². The molecule has 0 aliphatic rings. The first kappa shape index (κ1) is 14.2. The Hall–Kier alpha value is -2.20. The molecule has 0 aromatic heterocycles. The number of hydrogen-bond acceptors (Lipinski definition) is 3. The molecule has 0 spiro atoms. The van der Waals surface area contributed by atoms with Gasteiger partial charge in [-0.15, -0.1) is 0 Å². The fourth-order valence-electron chi connectivity index (χ4n) is 1.67. The summed E-state index contributed by atoms with van der Waals surface area (Å²) < 4.78 is 5.48. The van der Waals surface area contributed by atoms with Gasteiger partial charge < -0.3 is 15.8 Å². The van der Waals surface area contributed by atoms with Crippen LogP contribution in [0.15, 0.2) is 48.5 Å². The van der Waals surface area contributed by atoms with Crippen LogP contribution in [0.3, 0.4) is 0 Å². The van der Waals surface area contributed by atoms with Gasteiger partial charge in [-0.05, 0) is 30.3 Å². The maximum absolute atomic E-state index is 11.8. The second-order valence-electron chi connectivity index (χ2n) is 4.15. The minimum absolute atomic E-state index is 0.183. The van der Waals surface area contributed by atoms with Crippen molar-refractivity contribution in [2.75, 3.05) is 18.9 Å². The Morgan fingerprint density at radius 3 is 2.75 bits per heavy atom. The van der Waals surface area contributed by atoms with E-state index in [1.807, 2.05) is 12.1 Å². The third-order valence-electron chi connectivity index (χ3n) is 2.65. The Kier molecular flexibility index (Phi) is 4.85. The van der Waals surface area contributed by atoms with Gasteiger partial charge in [-0.2, -0.15) is 0 Å². The highest BCUT2D eigenvalue weighted by molar-refractivity contribution is 6.30. The van der Waals surface area contributed by atoms with Crippen molar-refractivity contribution in [3.63, 3.8) is 0 Å². The van der Waals surface area contributed by atoms with Crippen molar-refractivity contribution in [3.05, 3.63) is 59.1 Å². The van der Waals surface area contributed by atoms with Crippen LogP contribution in [0.25, 0.3) is 0 Å². The van der Waals surface area contributed by atoms with Gasteiger partial charge in [-0.25, -0.2) is 0 Å². The molecule has 0 radical (unpaired) electrons. The molecule has 3 N–H and O–H groups in total. The van der Waals surface area contributed by atoms with Gasteiger partial charge in [0.2, 0.25) is 0 Å². The number of hydrogen-bond donors (Lipinski definition) is 2. The average molecular weight is 291 g/mol. The molecule has 2 rings (SSSR count). The molecule has 4 nitrogen and oxygen atoms in total. The summed E-state index contributed by atoms with van der Waals surface area (Å²) in [4.78, 5) is 11.8. The lowest BCUT2D eigenvalue weighted by Crippen LogP contribution is -2.28. The normalized spacial score (nSPS) is 10.1. The highest BCUT2D eigenvalue weighted by atomic mass is 35.5. The number of ether oxygens (including phenoxy) is 1. The third kappa shape index (κ3) is 3.90. The Balaban J connectivity index is 1.79. The number of anilines is 1. The molecule has 0 aliphatic heterocycles. The molecule has 0 heterocycles. The summed E-state index contributed by atoms with van der Waals surface area (Å²) in [7, 11) is 0. The fourth-order valence-corrected chi connectivity index (χ4v) is 1.86. The van der Waals surface area contributed by atoms with Gasteiger partial charge in [0, 0.05) is 10.6 Å². The molecule has 2 aromatic carbocycles. The predicted octanol–water partition coefficient (Wildman–Crippen LogP) is 2.73. The van der Waals surface area contributed by atoms with E-state index in [0.717, 1.165) is 0 Å². The van der Waals surface area contributed by atoms with Crippen LogP contribution >= 0.6 is 11.6 Å². The Morgan fingerprint density at radius 2 is 2.00 bits per heavy atom. The first-order chi connectivity index (χ1) is 9.66. The number of rotatable bonds is 5. The van der Waals surface area contributed by atoms with Crippen LogP contribution in [0, 0.1) is 0 Å². The molecule has 0 unspecified atom stereocenters. The summed E-state index contributed by atoms with van der Waals surface area (Å²) in [6.45, 7) is 0.736. The second kappa shape index (κ2) is 6.82. The van der Waals surface area contributed by atoms with E-state index in [4.69, 9.17) is 22.1 Å². The van der Waals surface area contributed by atoms with E-state index in [-0.39, 0.29) is 5.91 Å². The molecule has 0 bridgehead atoms. The number of nitrogens with one attached hydrogen (secondary N) is 1. The highest BCUT2D eigenvalue weighted by Crippen LogP contribution is 2.19. The van der Waals surface area contributed by atoms with Crippen molar-refractivity contribution in [2.24, 2.45) is 0 Å². The quantitative estimate of drug-likeness (QED) is 0.657. The number of amides is 1. The van der Waals surface area contributed by atoms with Crippen molar-refractivity contribution in [1.82, 2.24) is 5.32 Å². The number of nitrogen functional groups attached to an aromatic ring is 1. The van der Waals surface area contributed by atoms with Crippen molar-refractivity contribution in [3.8, 4) is 5.75 Å². The Labute approximate surface area is 122 Å². The molecule has 5 heteroatoms.